The van der Waals surface area contributed by atoms with Gasteiger partial charge in [0.15, 0.2) is 5.13 Å². The van der Waals surface area contributed by atoms with Crippen LogP contribution in [0.15, 0.2) is 58.9 Å². The minimum atomic E-state index is -4.14. The monoisotopic (exact) mass is 468 g/mol. The molecule has 0 spiro atoms. The van der Waals surface area contributed by atoms with Crippen molar-refractivity contribution in [3.8, 4) is 0 Å². The van der Waals surface area contributed by atoms with E-state index in [0.717, 1.165) is 29.9 Å². The molecular formula is C20H22ClFN4O2S2. The van der Waals surface area contributed by atoms with Gasteiger partial charge in [-0.05, 0) is 38.2 Å². The second-order valence-corrected chi connectivity index (χ2v) is 9.85. The fourth-order valence-corrected chi connectivity index (χ4v) is 5.04. The quantitative estimate of drug-likeness (QED) is 0.489. The third-order valence-electron chi connectivity index (χ3n) is 4.54. The molecule has 0 fully saturated rings. The standard InChI is InChI=1S/C20H22ClFN4O2S2/c1-26(2)15(10-14-6-4-3-5-7-14)13-24-18-12-17(22)19(11-16(18)21)30(27,28)25-20-23-8-9-29-20/h3-9,11-12,15,24H,10,13H2,1-2H3,(H,23,25)/t15-/m0/s1. The predicted octanol–water partition coefficient (Wildman–Crippen LogP) is 4.32. The number of halogens is 2. The Morgan fingerprint density at radius 1 is 1.23 bits per heavy atom. The maximum atomic E-state index is 14.6. The molecule has 2 aromatic carbocycles. The summed E-state index contributed by atoms with van der Waals surface area (Å²) in [4.78, 5) is 5.40. The van der Waals surface area contributed by atoms with Crippen molar-refractivity contribution in [3.63, 3.8) is 0 Å². The molecule has 0 unspecified atom stereocenters. The van der Waals surface area contributed by atoms with Crippen LogP contribution < -0.4 is 10.0 Å². The Morgan fingerprint density at radius 3 is 2.60 bits per heavy atom. The van der Waals surface area contributed by atoms with Gasteiger partial charge in [0.1, 0.15) is 10.7 Å². The Kier molecular flexibility index (Phi) is 7.30. The molecule has 0 bridgehead atoms. The number of likely N-dealkylation sites (N-methyl/N-ethyl adjacent to an activating group) is 1. The predicted molar refractivity (Wildman–Crippen MR) is 120 cm³/mol. The number of anilines is 2. The molecule has 0 aliphatic heterocycles. The minimum Gasteiger partial charge on any atom is -0.382 e. The van der Waals surface area contributed by atoms with Gasteiger partial charge in [-0.15, -0.1) is 11.3 Å². The summed E-state index contributed by atoms with van der Waals surface area (Å²) in [5.41, 5.74) is 1.52. The Balaban J connectivity index is 1.74. The fourth-order valence-electron chi connectivity index (χ4n) is 2.87. The van der Waals surface area contributed by atoms with E-state index in [1.807, 2.05) is 32.3 Å². The van der Waals surface area contributed by atoms with Gasteiger partial charge in [-0.2, -0.15) is 0 Å². The lowest BCUT2D eigenvalue weighted by Crippen LogP contribution is -2.36. The van der Waals surface area contributed by atoms with Gasteiger partial charge in [0.2, 0.25) is 0 Å². The van der Waals surface area contributed by atoms with Gasteiger partial charge >= 0.3 is 0 Å². The van der Waals surface area contributed by atoms with Gasteiger partial charge in [0, 0.05) is 24.2 Å². The lowest BCUT2D eigenvalue weighted by Gasteiger charge is -2.25. The molecule has 0 aliphatic carbocycles. The number of hydrogen-bond acceptors (Lipinski definition) is 6. The van der Waals surface area contributed by atoms with Crippen molar-refractivity contribution in [3.05, 3.63) is 70.4 Å². The summed E-state index contributed by atoms with van der Waals surface area (Å²) in [5, 5.41) is 5.03. The van der Waals surface area contributed by atoms with Crippen molar-refractivity contribution in [2.45, 2.75) is 17.4 Å². The van der Waals surface area contributed by atoms with E-state index in [1.165, 1.54) is 11.8 Å². The molecule has 1 heterocycles. The van der Waals surface area contributed by atoms with Crippen LogP contribution in [-0.2, 0) is 16.4 Å². The topological polar surface area (TPSA) is 74.3 Å². The van der Waals surface area contributed by atoms with Crippen molar-refractivity contribution in [2.75, 3.05) is 30.7 Å². The van der Waals surface area contributed by atoms with E-state index in [1.54, 1.807) is 5.38 Å². The molecule has 0 aliphatic rings. The number of nitrogens with one attached hydrogen (secondary N) is 2. The molecule has 1 atom stereocenters. The number of thiazole rings is 1. The number of aromatic nitrogens is 1. The smallest absolute Gasteiger partial charge is 0.266 e. The van der Waals surface area contributed by atoms with Crippen molar-refractivity contribution in [1.82, 2.24) is 9.88 Å². The van der Waals surface area contributed by atoms with Crippen LogP contribution in [0.4, 0.5) is 15.2 Å². The van der Waals surface area contributed by atoms with Gasteiger partial charge in [0.05, 0.1) is 10.7 Å². The Hall–Kier alpha value is -2.20. The number of nitrogens with zero attached hydrogens (tertiary/aromatic N) is 2. The second kappa shape index (κ2) is 9.74. The van der Waals surface area contributed by atoms with Crippen LogP contribution in [0, 0.1) is 5.82 Å². The summed E-state index contributed by atoms with van der Waals surface area (Å²) in [6.45, 7) is 0.504. The molecule has 1 aromatic heterocycles. The molecule has 3 aromatic rings. The van der Waals surface area contributed by atoms with E-state index in [2.05, 4.69) is 32.1 Å². The molecular weight excluding hydrogens is 447 g/mol. The van der Waals surface area contributed by atoms with E-state index in [0.29, 0.717) is 12.2 Å². The van der Waals surface area contributed by atoms with Crippen molar-refractivity contribution >= 4 is 43.8 Å². The summed E-state index contributed by atoms with van der Waals surface area (Å²) in [7, 11) is -0.197. The molecule has 160 valence electrons. The maximum Gasteiger partial charge on any atom is 0.266 e. The van der Waals surface area contributed by atoms with Crippen molar-refractivity contribution < 1.29 is 12.8 Å². The van der Waals surface area contributed by atoms with Gasteiger partial charge in [0.25, 0.3) is 10.0 Å². The number of hydrogen-bond donors (Lipinski definition) is 2. The third kappa shape index (κ3) is 5.69. The highest BCUT2D eigenvalue weighted by molar-refractivity contribution is 7.93. The first-order valence-electron chi connectivity index (χ1n) is 9.12. The molecule has 0 amide bonds. The number of sulfonamides is 1. The van der Waals surface area contributed by atoms with Gasteiger partial charge < -0.3 is 10.2 Å². The molecule has 0 saturated carbocycles. The highest BCUT2D eigenvalue weighted by Crippen LogP contribution is 2.29. The number of benzene rings is 2. The van der Waals surface area contributed by atoms with Gasteiger partial charge in [-0.3, -0.25) is 4.72 Å². The number of rotatable bonds is 9. The van der Waals surface area contributed by atoms with Crippen LogP contribution in [0.3, 0.4) is 0 Å². The average Bonchev–Trinajstić information content (AvgIpc) is 3.20. The average molecular weight is 469 g/mol. The second-order valence-electron chi connectivity index (χ2n) is 6.89. The summed E-state index contributed by atoms with van der Waals surface area (Å²) >= 11 is 7.36. The minimum absolute atomic E-state index is 0.119. The highest BCUT2D eigenvalue weighted by atomic mass is 35.5. The molecule has 6 nitrogen and oxygen atoms in total. The van der Waals surface area contributed by atoms with Gasteiger partial charge in [-0.1, -0.05) is 41.9 Å². The van der Waals surface area contributed by atoms with E-state index >= 15 is 0 Å². The first-order valence-corrected chi connectivity index (χ1v) is 11.9. The molecule has 0 radical (unpaired) electrons. The lowest BCUT2D eigenvalue weighted by atomic mass is 10.1. The van der Waals surface area contributed by atoms with Crippen LogP contribution in [0.1, 0.15) is 5.56 Å². The summed E-state index contributed by atoms with van der Waals surface area (Å²) < 4.78 is 41.8. The largest absolute Gasteiger partial charge is 0.382 e. The van der Waals surface area contributed by atoms with Crippen LogP contribution in [0.5, 0.6) is 0 Å². The highest BCUT2D eigenvalue weighted by Gasteiger charge is 2.23. The summed E-state index contributed by atoms with van der Waals surface area (Å²) in [5.74, 6) is -0.893. The molecule has 2 N–H and O–H groups in total. The zero-order valence-electron chi connectivity index (χ0n) is 16.5. The van der Waals surface area contributed by atoms with E-state index in [-0.39, 0.29) is 16.2 Å². The Morgan fingerprint density at radius 2 is 1.97 bits per heavy atom. The molecule has 0 saturated heterocycles. The summed E-state index contributed by atoms with van der Waals surface area (Å²) in [6, 6.07) is 12.4. The Labute approximate surface area is 184 Å². The van der Waals surface area contributed by atoms with Crippen LogP contribution >= 0.6 is 22.9 Å². The SMILES string of the molecule is CN(C)[C@H](CNc1cc(F)c(S(=O)(=O)Nc2nccs2)cc1Cl)Cc1ccccc1. The van der Waals surface area contributed by atoms with Crippen LogP contribution in [0.25, 0.3) is 0 Å². The fraction of sp³-hybridized carbons (Fsp3) is 0.250. The zero-order chi connectivity index (χ0) is 21.7. The van der Waals surface area contributed by atoms with Crippen LogP contribution in [-0.4, -0.2) is 45.0 Å². The third-order valence-corrected chi connectivity index (χ3v) is 7.02. The van der Waals surface area contributed by atoms with Crippen molar-refractivity contribution in [1.29, 1.82) is 0 Å². The first kappa shape index (κ1) is 22.5. The van der Waals surface area contributed by atoms with E-state index < -0.39 is 20.7 Å². The molecule has 10 heteroatoms. The van der Waals surface area contributed by atoms with Gasteiger partial charge in [-0.25, -0.2) is 17.8 Å². The molecule has 3 rings (SSSR count). The van der Waals surface area contributed by atoms with E-state index in [9.17, 15) is 12.8 Å². The lowest BCUT2D eigenvalue weighted by molar-refractivity contribution is 0.303. The normalized spacial score (nSPS) is 12.7. The maximum absolute atomic E-state index is 14.6. The zero-order valence-corrected chi connectivity index (χ0v) is 18.9. The van der Waals surface area contributed by atoms with Crippen molar-refractivity contribution in [2.24, 2.45) is 0 Å². The van der Waals surface area contributed by atoms with Crippen LogP contribution in [0.2, 0.25) is 5.02 Å². The summed E-state index contributed by atoms with van der Waals surface area (Å²) in [6.07, 6.45) is 2.25. The molecule has 30 heavy (non-hydrogen) atoms. The first-order chi connectivity index (χ1) is 14.3. The Bertz CT molecular complexity index is 1080. The van der Waals surface area contributed by atoms with E-state index in [4.69, 9.17) is 11.6 Å².